The third-order valence-corrected chi connectivity index (χ3v) is 1.99. The number of hydrogen-bond acceptors (Lipinski definition) is 4. The van der Waals surface area contributed by atoms with E-state index in [0.717, 1.165) is 0 Å². The van der Waals surface area contributed by atoms with Gasteiger partial charge in [0.1, 0.15) is 6.10 Å². The van der Waals surface area contributed by atoms with E-state index in [1.54, 1.807) is 0 Å². The van der Waals surface area contributed by atoms with Gasteiger partial charge >= 0.3 is 6.18 Å². The maximum atomic E-state index is 12.2. The van der Waals surface area contributed by atoms with Gasteiger partial charge in [0.05, 0.1) is 6.61 Å². The van der Waals surface area contributed by atoms with Crippen molar-refractivity contribution in [1.29, 1.82) is 0 Å². The largest absolute Gasteiger partial charge is 0.453 e. The molecule has 0 amide bonds. The highest BCUT2D eigenvalue weighted by Crippen LogP contribution is 2.27. The minimum Gasteiger partial charge on any atom is -0.368 e. The molecule has 1 saturated heterocycles. The number of aromatic amines is 1. The molecule has 5 nitrogen and oxygen atoms in total. The molecular formula is C7H10ClF3N4O. The van der Waals surface area contributed by atoms with E-state index < -0.39 is 18.1 Å². The van der Waals surface area contributed by atoms with Crippen molar-refractivity contribution < 1.29 is 17.9 Å². The Labute approximate surface area is 95.2 Å². The van der Waals surface area contributed by atoms with E-state index in [4.69, 9.17) is 4.74 Å². The van der Waals surface area contributed by atoms with E-state index in [-0.39, 0.29) is 18.2 Å². The highest BCUT2D eigenvalue weighted by molar-refractivity contribution is 5.85. The van der Waals surface area contributed by atoms with Crippen molar-refractivity contribution in [3.8, 4) is 0 Å². The zero-order chi connectivity index (χ0) is 10.9. The van der Waals surface area contributed by atoms with Gasteiger partial charge in [-0.2, -0.15) is 13.2 Å². The Morgan fingerprint density at radius 1 is 1.38 bits per heavy atom. The van der Waals surface area contributed by atoms with Gasteiger partial charge in [0, 0.05) is 13.1 Å². The van der Waals surface area contributed by atoms with Crippen LogP contribution in [0.2, 0.25) is 0 Å². The molecule has 0 radical (unpaired) electrons. The number of nitrogens with zero attached hydrogens (tertiary/aromatic N) is 2. The van der Waals surface area contributed by atoms with E-state index in [2.05, 4.69) is 20.5 Å². The molecule has 1 atom stereocenters. The Morgan fingerprint density at radius 2 is 2.12 bits per heavy atom. The number of morpholine rings is 1. The van der Waals surface area contributed by atoms with Gasteiger partial charge in [-0.05, 0) is 0 Å². The molecule has 2 N–H and O–H groups in total. The minimum absolute atomic E-state index is 0. The Morgan fingerprint density at radius 3 is 2.62 bits per heavy atom. The highest BCUT2D eigenvalue weighted by Gasteiger charge is 2.37. The predicted octanol–water partition coefficient (Wildman–Crippen LogP) is 0.906. The molecule has 0 spiro atoms. The van der Waals surface area contributed by atoms with E-state index in [0.29, 0.717) is 19.7 Å². The van der Waals surface area contributed by atoms with Gasteiger partial charge in [-0.1, -0.05) is 0 Å². The summed E-state index contributed by atoms with van der Waals surface area (Å²) >= 11 is 0. The summed E-state index contributed by atoms with van der Waals surface area (Å²) in [6.45, 7) is 1.58. The maximum absolute atomic E-state index is 12.2. The molecule has 16 heavy (non-hydrogen) atoms. The van der Waals surface area contributed by atoms with Crippen molar-refractivity contribution in [1.82, 2.24) is 20.5 Å². The lowest BCUT2D eigenvalue weighted by atomic mass is 10.3. The SMILES string of the molecule is Cl.FC(F)(F)c1n[nH]c(C2CNCCO2)n1. The van der Waals surface area contributed by atoms with Crippen LogP contribution in [0, 0.1) is 0 Å². The predicted molar refractivity (Wildman–Crippen MR) is 50.2 cm³/mol. The van der Waals surface area contributed by atoms with Crippen LogP contribution >= 0.6 is 12.4 Å². The van der Waals surface area contributed by atoms with Gasteiger partial charge in [-0.15, -0.1) is 17.5 Å². The molecule has 1 aromatic heterocycles. The zero-order valence-corrected chi connectivity index (χ0v) is 8.86. The molecule has 0 bridgehead atoms. The summed E-state index contributed by atoms with van der Waals surface area (Å²) in [7, 11) is 0. The molecule has 9 heteroatoms. The van der Waals surface area contributed by atoms with Crippen LogP contribution in [0.4, 0.5) is 13.2 Å². The van der Waals surface area contributed by atoms with Gasteiger partial charge in [0.2, 0.25) is 0 Å². The number of H-pyrrole nitrogens is 1. The maximum Gasteiger partial charge on any atom is 0.453 e. The van der Waals surface area contributed by atoms with Crippen molar-refractivity contribution in [2.24, 2.45) is 0 Å². The van der Waals surface area contributed by atoms with Gasteiger partial charge in [0.15, 0.2) is 5.82 Å². The Kier molecular flexibility index (Phi) is 4.11. The second kappa shape index (κ2) is 4.98. The van der Waals surface area contributed by atoms with E-state index in [9.17, 15) is 13.2 Å². The van der Waals surface area contributed by atoms with Gasteiger partial charge in [0.25, 0.3) is 5.82 Å². The summed E-state index contributed by atoms with van der Waals surface area (Å²) in [5.74, 6) is -1.05. The van der Waals surface area contributed by atoms with Crippen LogP contribution in [0.1, 0.15) is 17.8 Å². The van der Waals surface area contributed by atoms with Crippen LogP contribution in [0.3, 0.4) is 0 Å². The number of nitrogens with one attached hydrogen (secondary N) is 2. The fourth-order valence-electron chi connectivity index (χ4n) is 1.29. The number of ether oxygens (including phenoxy) is 1. The third kappa shape index (κ3) is 2.83. The lowest BCUT2D eigenvalue weighted by molar-refractivity contribution is -0.144. The van der Waals surface area contributed by atoms with Gasteiger partial charge in [-0.3, -0.25) is 5.10 Å². The number of halogens is 4. The highest BCUT2D eigenvalue weighted by atomic mass is 35.5. The van der Waals surface area contributed by atoms with Crippen LogP contribution in [0.15, 0.2) is 0 Å². The zero-order valence-electron chi connectivity index (χ0n) is 8.04. The van der Waals surface area contributed by atoms with E-state index >= 15 is 0 Å². The molecule has 1 aliphatic heterocycles. The van der Waals surface area contributed by atoms with Crippen LogP contribution < -0.4 is 5.32 Å². The van der Waals surface area contributed by atoms with Crippen molar-refractivity contribution in [3.63, 3.8) is 0 Å². The molecule has 92 valence electrons. The number of rotatable bonds is 1. The molecular weight excluding hydrogens is 249 g/mol. The second-order valence-electron chi connectivity index (χ2n) is 3.11. The molecule has 2 heterocycles. The molecule has 0 saturated carbocycles. The number of aromatic nitrogens is 3. The van der Waals surface area contributed by atoms with Crippen LogP contribution in [-0.2, 0) is 10.9 Å². The second-order valence-corrected chi connectivity index (χ2v) is 3.11. The Bertz CT molecular complexity index is 337. The smallest absolute Gasteiger partial charge is 0.368 e. The third-order valence-electron chi connectivity index (χ3n) is 1.99. The van der Waals surface area contributed by atoms with Gasteiger partial charge < -0.3 is 10.1 Å². The van der Waals surface area contributed by atoms with Crippen molar-refractivity contribution in [3.05, 3.63) is 11.6 Å². The van der Waals surface area contributed by atoms with Crippen molar-refractivity contribution in [2.75, 3.05) is 19.7 Å². The first-order valence-electron chi connectivity index (χ1n) is 4.39. The van der Waals surface area contributed by atoms with Crippen LogP contribution in [-0.4, -0.2) is 34.9 Å². The summed E-state index contributed by atoms with van der Waals surface area (Å²) in [6.07, 6.45) is -5.00. The summed E-state index contributed by atoms with van der Waals surface area (Å²) in [5.41, 5.74) is 0. The summed E-state index contributed by atoms with van der Waals surface area (Å²) in [5, 5.41) is 8.32. The van der Waals surface area contributed by atoms with Crippen LogP contribution in [0.25, 0.3) is 0 Å². The molecule has 1 aliphatic rings. The monoisotopic (exact) mass is 258 g/mol. The first-order chi connectivity index (χ1) is 7.07. The fraction of sp³-hybridized carbons (Fsp3) is 0.714. The van der Waals surface area contributed by atoms with Crippen LogP contribution in [0.5, 0.6) is 0 Å². The molecule has 1 unspecified atom stereocenters. The standard InChI is InChI=1S/C7H9F3N4O.ClH/c8-7(9,10)6-12-5(13-14-6)4-3-11-1-2-15-4;/h4,11H,1-3H2,(H,12,13,14);1H. The normalized spacial score (nSPS) is 21.6. The molecule has 2 rings (SSSR count). The lowest BCUT2D eigenvalue weighted by Crippen LogP contribution is -2.33. The first-order valence-corrected chi connectivity index (χ1v) is 4.39. The first kappa shape index (κ1) is 13.2. The van der Waals surface area contributed by atoms with Gasteiger partial charge in [-0.25, -0.2) is 4.98 Å². The quantitative estimate of drug-likeness (QED) is 0.786. The van der Waals surface area contributed by atoms with E-state index in [1.807, 2.05) is 0 Å². The van der Waals surface area contributed by atoms with Crippen molar-refractivity contribution in [2.45, 2.75) is 12.3 Å². The molecule has 0 aromatic carbocycles. The molecule has 1 aromatic rings. The topological polar surface area (TPSA) is 62.8 Å². The molecule has 0 aliphatic carbocycles. The number of hydrogen-bond donors (Lipinski definition) is 2. The Hall–Kier alpha value is -0.860. The summed E-state index contributed by atoms with van der Waals surface area (Å²) in [4.78, 5) is 3.35. The van der Waals surface area contributed by atoms with E-state index in [1.165, 1.54) is 0 Å². The average Bonchev–Trinajstić information content (AvgIpc) is 2.67. The summed E-state index contributed by atoms with van der Waals surface area (Å²) < 4.78 is 41.7. The Balaban J connectivity index is 0.00000128. The molecule has 1 fully saturated rings. The average molecular weight is 259 g/mol. The lowest BCUT2D eigenvalue weighted by Gasteiger charge is -2.21. The summed E-state index contributed by atoms with van der Waals surface area (Å²) in [6, 6.07) is 0. The van der Waals surface area contributed by atoms with Crippen molar-refractivity contribution >= 4 is 12.4 Å². The minimum atomic E-state index is -4.52. The fourth-order valence-corrected chi connectivity index (χ4v) is 1.29. The number of alkyl halides is 3.